The third-order valence-corrected chi connectivity index (χ3v) is 1.06. The van der Waals surface area contributed by atoms with Crippen molar-refractivity contribution in [3.05, 3.63) is 12.3 Å². The van der Waals surface area contributed by atoms with Gasteiger partial charge in [-0.3, -0.25) is 11.5 Å². The zero-order valence-electron chi connectivity index (χ0n) is 5.36. The van der Waals surface area contributed by atoms with E-state index < -0.39 is 5.79 Å². The van der Waals surface area contributed by atoms with E-state index in [0.717, 1.165) is 10.3 Å². The maximum absolute atomic E-state index is 5.41. The second-order valence-corrected chi connectivity index (χ2v) is 2.09. The fourth-order valence-electron chi connectivity index (χ4n) is 0.565. The minimum atomic E-state index is -1.12. The minimum Gasteiger partial charge on any atom is -0.297 e. The molecule has 0 aromatic heterocycles. The summed E-state index contributed by atoms with van der Waals surface area (Å²) in [6.07, 6.45) is 2.94. The van der Waals surface area contributed by atoms with Gasteiger partial charge in [0.1, 0.15) is 0 Å². The van der Waals surface area contributed by atoms with E-state index in [1.54, 1.807) is 0 Å². The van der Waals surface area contributed by atoms with Crippen LogP contribution in [0.1, 0.15) is 0 Å². The number of nitrogens with two attached hydrogens (primary N) is 4. The van der Waals surface area contributed by atoms with Gasteiger partial charge in [-0.05, 0) is 6.08 Å². The molecule has 9 N–H and O–H groups in total. The van der Waals surface area contributed by atoms with Crippen LogP contribution >= 0.6 is 0 Å². The highest BCUT2D eigenvalue weighted by atomic mass is 16.0. The summed E-state index contributed by atoms with van der Waals surface area (Å²) < 4.78 is 0. The molecule has 0 fully saturated rings. The summed E-state index contributed by atoms with van der Waals surface area (Å²) in [5, 5.41) is 2.10. The lowest BCUT2D eigenvalue weighted by molar-refractivity contribution is -0.0720. The van der Waals surface area contributed by atoms with Crippen LogP contribution in [0.5, 0.6) is 0 Å². The van der Waals surface area contributed by atoms with Gasteiger partial charge in [-0.25, -0.2) is 16.8 Å². The molecule has 1 heterocycles. The molecular weight excluding hydrogens is 134 g/mol. The minimum absolute atomic E-state index is 0.986. The van der Waals surface area contributed by atoms with Crippen LogP contribution in [0.2, 0.25) is 0 Å². The third kappa shape index (κ3) is 1.42. The second-order valence-electron chi connectivity index (χ2n) is 2.09. The van der Waals surface area contributed by atoms with Crippen molar-refractivity contribution >= 4 is 0 Å². The van der Waals surface area contributed by atoms with Crippen molar-refractivity contribution in [2.45, 2.75) is 5.79 Å². The molecule has 7 nitrogen and oxygen atoms in total. The topological polar surface area (TPSA) is 123 Å². The zero-order chi connectivity index (χ0) is 7.78. The predicted octanol–water partition coefficient (Wildman–Crippen LogP) is -3.14. The van der Waals surface area contributed by atoms with Crippen LogP contribution in [0.4, 0.5) is 0 Å². The summed E-state index contributed by atoms with van der Waals surface area (Å²) in [4.78, 5) is 0. The molecule has 0 spiro atoms. The predicted molar refractivity (Wildman–Crippen MR) is 35.4 cm³/mol. The first-order valence-corrected chi connectivity index (χ1v) is 2.65. The molecule has 0 saturated heterocycles. The molecule has 10 heavy (non-hydrogen) atoms. The van der Waals surface area contributed by atoms with Gasteiger partial charge in [0.05, 0.1) is 0 Å². The van der Waals surface area contributed by atoms with E-state index in [1.807, 2.05) is 0 Å². The Morgan fingerprint density at radius 3 is 2.30 bits per heavy atom. The van der Waals surface area contributed by atoms with Crippen molar-refractivity contribution in [1.82, 2.24) is 15.8 Å². The SMILES string of the molecule is NN1C=CC(N)(N)NN1N. The van der Waals surface area contributed by atoms with Crippen molar-refractivity contribution in [3.8, 4) is 0 Å². The molecule has 0 bridgehead atoms. The maximum atomic E-state index is 5.41. The van der Waals surface area contributed by atoms with Gasteiger partial charge < -0.3 is 0 Å². The van der Waals surface area contributed by atoms with Crippen LogP contribution in [0.15, 0.2) is 12.3 Å². The third-order valence-electron chi connectivity index (χ3n) is 1.06. The molecule has 1 aliphatic rings. The van der Waals surface area contributed by atoms with Crippen LogP contribution in [-0.2, 0) is 0 Å². The smallest absolute Gasteiger partial charge is 0.155 e. The quantitative estimate of drug-likeness (QED) is 0.180. The molecule has 0 amide bonds. The van der Waals surface area contributed by atoms with Crippen molar-refractivity contribution in [2.75, 3.05) is 0 Å². The fraction of sp³-hybridized carbons (Fsp3) is 0.333. The molecule has 0 aromatic rings. The molecule has 58 valence electrons. The lowest BCUT2D eigenvalue weighted by atomic mass is 10.4. The molecule has 0 atom stereocenters. The summed E-state index contributed by atoms with van der Waals surface area (Å²) >= 11 is 0. The van der Waals surface area contributed by atoms with Gasteiger partial charge in [-0.1, -0.05) is 5.23 Å². The Bertz CT molecular complexity index is 151. The molecule has 1 rings (SSSR count). The average molecular weight is 145 g/mol. The van der Waals surface area contributed by atoms with Crippen LogP contribution in [0.25, 0.3) is 0 Å². The van der Waals surface area contributed by atoms with Crippen LogP contribution in [0.3, 0.4) is 0 Å². The first-order chi connectivity index (χ1) is 4.51. The van der Waals surface area contributed by atoms with E-state index >= 15 is 0 Å². The van der Waals surface area contributed by atoms with Gasteiger partial charge in [0.2, 0.25) is 0 Å². The van der Waals surface area contributed by atoms with Crippen molar-refractivity contribution in [1.29, 1.82) is 0 Å². The maximum Gasteiger partial charge on any atom is 0.155 e. The van der Waals surface area contributed by atoms with E-state index in [9.17, 15) is 0 Å². The van der Waals surface area contributed by atoms with E-state index in [0.29, 0.717) is 0 Å². The van der Waals surface area contributed by atoms with Crippen molar-refractivity contribution in [2.24, 2.45) is 23.2 Å². The highest BCUT2D eigenvalue weighted by Gasteiger charge is 2.22. The number of hydrogen-bond donors (Lipinski definition) is 5. The normalized spacial score (nSPS) is 25.4. The fourth-order valence-corrected chi connectivity index (χ4v) is 0.565. The molecule has 0 aromatic carbocycles. The van der Waals surface area contributed by atoms with Gasteiger partial charge in [0.25, 0.3) is 0 Å². The van der Waals surface area contributed by atoms with Crippen LogP contribution in [0, 0.1) is 0 Å². The highest BCUT2D eigenvalue weighted by molar-refractivity contribution is 4.99. The molecule has 7 heteroatoms. The van der Waals surface area contributed by atoms with Gasteiger partial charge in [-0.2, -0.15) is 5.43 Å². The summed E-state index contributed by atoms with van der Waals surface area (Å²) in [6.45, 7) is 0. The number of hydrazine groups is 4. The molecule has 0 unspecified atom stereocenters. The number of hydrogen-bond acceptors (Lipinski definition) is 7. The monoisotopic (exact) mass is 145 g/mol. The van der Waals surface area contributed by atoms with E-state index in [-0.39, 0.29) is 0 Å². The molecule has 0 saturated carbocycles. The summed E-state index contributed by atoms with van der Waals surface area (Å²) in [5.41, 5.74) is 13.3. The van der Waals surface area contributed by atoms with Gasteiger partial charge in [0.15, 0.2) is 5.79 Å². The van der Waals surface area contributed by atoms with Crippen molar-refractivity contribution in [3.63, 3.8) is 0 Å². The molecular formula is C3H11N7. The standard InChI is InChI=1S/C3H11N7/c4-3(5)1-2-9(6)10(7)8-3/h1-2,8H,4-7H2. The lowest BCUT2D eigenvalue weighted by Crippen LogP contribution is -2.73. The summed E-state index contributed by atoms with van der Waals surface area (Å²) in [7, 11) is 0. The number of rotatable bonds is 0. The summed E-state index contributed by atoms with van der Waals surface area (Å²) in [6, 6.07) is 0. The van der Waals surface area contributed by atoms with E-state index in [2.05, 4.69) is 5.43 Å². The molecule has 0 radical (unpaired) electrons. The van der Waals surface area contributed by atoms with Gasteiger partial charge in [-0.15, -0.1) is 0 Å². The highest BCUT2D eigenvalue weighted by Crippen LogP contribution is 1.97. The first-order valence-electron chi connectivity index (χ1n) is 2.65. The Balaban J connectivity index is 2.69. The van der Waals surface area contributed by atoms with Crippen molar-refractivity contribution < 1.29 is 0 Å². The van der Waals surface area contributed by atoms with E-state index in [4.69, 9.17) is 23.2 Å². The molecule has 1 aliphatic heterocycles. The number of nitrogens with zero attached hydrogens (tertiary/aromatic N) is 2. The Morgan fingerprint density at radius 2 is 1.90 bits per heavy atom. The Kier molecular flexibility index (Phi) is 1.60. The lowest BCUT2D eigenvalue weighted by Gasteiger charge is -2.36. The summed E-state index contributed by atoms with van der Waals surface area (Å²) in [5.74, 6) is 9.42. The average Bonchev–Trinajstić information content (AvgIpc) is 1.79. The number of nitrogens with one attached hydrogen (secondary N) is 1. The zero-order valence-corrected chi connectivity index (χ0v) is 5.36. The van der Waals surface area contributed by atoms with Gasteiger partial charge >= 0.3 is 0 Å². The van der Waals surface area contributed by atoms with Crippen LogP contribution in [-0.4, -0.2) is 16.1 Å². The Morgan fingerprint density at radius 1 is 1.30 bits per heavy atom. The first kappa shape index (κ1) is 7.41. The second kappa shape index (κ2) is 2.16. The Hall–Kier alpha value is -0.700. The van der Waals surface area contributed by atoms with E-state index in [1.165, 1.54) is 12.3 Å². The largest absolute Gasteiger partial charge is 0.297 e. The van der Waals surface area contributed by atoms with Gasteiger partial charge in [0, 0.05) is 6.20 Å². The molecule has 0 aliphatic carbocycles. The van der Waals surface area contributed by atoms with Crippen LogP contribution < -0.4 is 28.6 Å². The Labute approximate surface area is 58.1 Å².